The van der Waals surface area contributed by atoms with E-state index >= 15 is 0 Å². The van der Waals surface area contributed by atoms with Crippen LogP contribution in [0.15, 0.2) is 30.9 Å². The topological polar surface area (TPSA) is 86.3 Å². The van der Waals surface area contributed by atoms with Crippen LogP contribution < -0.4 is 5.73 Å². The summed E-state index contributed by atoms with van der Waals surface area (Å²) >= 11 is 0. The van der Waals surface area contributed by atoms with Crippen LogP contribution in [-0.4, -0.2) is 57.9 Å². The van der Waals surface area contributed by atoms with Gasteiger partial charge in [-0.3, -0.25) is 4.79 Å². The molecule has 0 saturated carbocycles. The monoisotopic (exact) mass is 343 g/mol. The third-order valence-electron chi connectivity index (χ3n) is 4.55. The molecule has 2 heterocycles. The summed E-state index contributed by atoms with van der Waals surface area (Å²) in [6, 6.07) is 5.74. The van der Waals surface area contributed by atoms with Gasteiger partial charge in [0, 0.05) is 25.3 Å². The molecule has 1 aliphatic rings. The normalized spacial score (nSPS) is 15.5. The minimum atomic E-state index is 0.0862. The van der Waals surface area contributed by atoms with E-state index in [0.29, 0.717) is 13.2 Å². The largest absolute Gasteiger partial charge is 0.378 e. The number of amides is 1. The number of hydrogen-bond donors (Lipinski definition) is 1. The molecule has 7 nitrogen and oxygen atoms in total. The van der Waals surface area contributed by atoms with Gasteiger partial charge in [0.15, 0.2) is 0 Å². The first-order valence-corrected chi connectivity index (χ1v) is 8.75. The van der Waals surface area contributed by atoms with Crippen molar-refractivity contribution >= 4 is 5.91 Å². The quantitative estimate of drug-likeness (QED) is 0.804. The number of carbonyl (C=O) groups is 1. The van der Waals surface area contributed by atoms with Crippen LogP contribution in [0.3, 0.4) is 0 Å². The van der Waals surface area contributed by atoms with Crippen molar-refractivity contribution in [3.63, 3.8) is 0 Å². The average Bonchev–Trinajstić information content (AvgIpc) is 3.17. The first kappa shape index (κ1) is 17.6. The number of likely N-dealkylation sites (tertiary alicyclic amines) is 1. The second-order valence-electron chi connectivity index (χ2n) is 6.34. The first-order valence-electron chi connectivity index (χ1n) is 8.75. The Bertz CT molecular complexity index is 693. The summed E-state index contributed by atoms with van der Waals surface area (Å²) in [5.74, 6) is 0.0862. The number of benzene rings is 1. The van der Waals surface area contributed by atoms with E-state index in [4.69, 9.17) is 10.5 Å². The summed E-state index contributed by atoms with van der Waals surface area (Å²) in [5.41, 5.74) is 8.07. The van der Waals surface area contributed by atoms with Crippen LogP contribution in [0.2, 0.25) is 0 Å². The van der Waals surface area contributed by atoms with Crippen LogP contribution in [0.25, 0.3) is 5.69 Å². The number of carbonyl (C=O) groups excluding carboxylic acids is 1. The molecule has 3 rings (SSSR count). The zero-order chi connectivity index (χ0) is 17.6. The van der Waals surface area contributed by atoms with Crippen molar-refractivity contribution in [2.45, 2.75) is 32.3 Å². The lowest BCUT2D eigenvalue weighted by molar-refractivity contribution is 0.00843. The molecular formula is C18H25N5O2. The van der Waals surface area contributed by atoms with Crippen LogP contribution in [0.4, 0.5) is 0 Å². The number of hydrogen-bond acceptors (Lipinski definition) is 5. The molecule has 0 atom stereocenters. The van der Waals surface area contributed by atoms with E-state index in [9.17, 15) is 4.79 Å². The van der Waals surface area contributed by atoms with E-state index in [2.05, 4.69) is 10.1 Å². The summed E-state index contributed by atoms with van der Waals surface area (Å²) in [6.45, 7) is 4.78. The number of ether oxygens (including phenoxy) is 1. The maximum absolute atomic E-state index is 12.8. The number of piperidine rings is 1. The lowest BCUT2D eigenvalue weighted by Crippen LogP contribution is -2.41. The van der Waals surface area contributed by atoms with Gasteiger partial charge in [-0.15, -0.1) is 0 Å². The Hall–Kier alpha value is -2.25. The van der Waals surface area contributed by atoms with E-state index in [-0.39, 0.29) is 12.0 Å². The second kappa shape index (κ2) is 8.22. The van der Waals surface area contributed by atoms with Crippen molar-refractivity contribution in [3.8, 4) is 5.69 Å². The van der Waals surface area contributed by atoms with Crippen molar-refractivity contribution in [2.75, 3.05) is 26.2 Å². The standard InChI is InChI=1S/C18H25N5O2/c1-14-11-15(23-13-20-12-21-23)3-4-17(14)18(24)22-8-5-16(6-9-22)25-10-2-7-19/h3-4,11-13,16H,2,5-10,19H2,1H3. The maximum Gasteiger partial charge on any atom is 0.254 e. The van der Waals surface area contributed by atoms with Gasteiger partial charge in [-0.1, -0.05) is 0 Å². The molecule has 1 aliphatic heterocycles. The van der Waals surface area contributed by atoms with Gasteiger partial charge in [-0.25, -0.2) is 9.67 Å². The minimum Gasteiger partial charge on any atom is -0.378 e. The van der Waals surface area contributed by atoms with Gasteiger partial charge in [-0.05, 0) is 56.5 Å². The molecule has 1 saturated heterocycles. The molecule has 25 heavy (non-hydrogen) atoms. The molecule has 134 valence electrons. The van der Waals surface area contributed by atoms with Crippen LogP contribution >= 0.6 is 0 Å². The Morgan fingerprint density at radius 2 is 2.16 bits per heavy atom. The fourth-order valence-electron chi connectivity index (χ4n) is 3.10. The molecule has 7 heteroatoms. The van der Waals surface area contributed by atoms with Gasteiger partial charge in [0.2, 0.25) is 0 Å². The van der Waals surface area contributed by atoms with Gasteiger partial charge >= 0.3 is 0 Å². The van der Waals surface area contributed by atoms with Gasteiger partial charge in [0.25, 0.3) is 5.91 Å². The third-order valence-corrected chi connectivity index (χ3v) is 4.55. The fourth-order valence-corrected chi connectivity index (χ4v) is 3.10. The highest BCUT2D eigenvalue weighted by molar-refractivity contribution is 5.96. The highest BCUT2D eigenvalue weighted by Gasteiger charge is 2.24. The van der Waals surface area contributed by atoms with Gasteiger partial charge in [-0.2, -0.15) is 5.10 Å². The summed E-state index contributed by atoms with van der Waals surface area (Å²) < 4.78 is 7.49. The van der Waals surface area contributed by atoms with Crippen molar-refractivity contribution in [1.29, 1.82) is 0 Å². The molecule has 1 aromatic heterocycles. The molecule has 0 aliphatic carbocycles. The fraction of sp³-hybridized carbons (Fsp3) is 0.500. The summed E-state index contributed by atoms with van der Waals surface area (Å²) in [4.78, 5) is 18.7. The Kier molecular flexibility index (Phi) is 5.78. The first-order chi connectivity index (χ1) is 12.2. The Morgan fingerprint density at radius 3 is 2.80 bits per heavy atom. The number of rotatable bonds is 6. The zero-order valence-electron chi connectivity index (χ0n) is 14.6. The highest BCUT2D eigenvalue weighted by atomic mass is 16.5. The highest BCUT2D eigenvalue weighted by Crippen LogP contribution is 2.20. The molecule has 0 bridgehead atoms. The minimum absolute atomic E-state index is 0.0862. The van der Waals surface area contributed by atoms with Crippen molar-refractivity contribution in [3.05, 3.63) is 42.0 Å². The molecule has 0 radical (unpaired) electrons. The molecular weight excluding hydrogens is 318 g/mol. The second-order valence-corrected chi connectivity index (χ2v) is 6.34. The SMILES string of the molecule is Cc1cc(-n2cncn2)ccc1C(=O)N1CCC(OCCCN)CC1. The average molecular weight is 343 g/mol. The van der Waals surface area contributed by atoms with E-state index < -0.39 is 0 Å². The summed E-state index contributed by atoms with van der Waals surface area (Å²) in [5, 5.41) is 4.12. The smallest absolute Gasteiger partial charge is 0.254 e. The van der Waals surface area contributed by atoms with E-state index in [0.717, 1.165) is 49.2 Å². The van der Waals surface area contributed by atoms with Gasteiger partial charge in [0.05, 0.1) is 11.8 Å². The van der Waals surface area contributed by atoms with Crippen LogP contribution in [0, 0.1) is 6.92 Å². The molecule has 2 N–H and O–H groups in total. The summed E-state index contributed by atoms with van der Waals surface area (Å²) in [7, 11) is 0. The number of aromatic nitrogens is 3. The lowest BCUT2D eigenvalue weighted by atomic mass is 10.0. The van der Waals surface area contributed by atoms with Crippen LogP contribution in [-0.2, 0) is 4.74 Å². The molecule has 1 fully saturated rings. The van der Waals surface area contributed by atoms with Crippen LogP contribution in [0.1, 0.15) is 35.2 Å². The van der Waals surface area contributed by atoms with Crippen LogP contribution in [0.5, 0.6) is 0 Å². The number of aryl methyl sites for hydroxylation is 1. The predicted octanol–water partition coefficient (Wildman–Crippen LogP) is 1.55. The Labute approximate surface area is 147 Å². The van der Waals surface area contributed by atoms with Crippen molar-refractivity contribution < 1.29 is 9.53 Å². The van der Waals surface area contributed by atoms with Gasteiger partial charge < -0.3 is 15.4 Å². The van der Waals surface area contributed by atoms with E-state index in [1.165, 1.54) is 6.33 Å². The summed E-state index contributed by atoms with van der Waals surface area (Å²) in [6.07, 6.45) is 6.03. The predicted molar refractivity (Wildman–Crippen MR) is 94.6 cm³/mol. The molecule has 0 unspecified atom stereocenters. The third kappa shape index (κ3) is 4.24. The Balaban J connectivity index is 1.60. The van der Waals surface area contributed by atoms with E-state index in [1.54, 1.807) is 11.0 Å². The van der Waals surface area contributed by atoms with Crippen molar-refractivity contribution in [1.82, 2.24) is 19.7 Å². The maximum atomic E-state index is 12.8. The van der Waals surface area contributed by atoms with E-state index in [1.807, 2.05) is 30.0 Å². The lowest BCUT2D eigenvalue weighted by Gasteiger charge is -2.32. The van der Waals surface area contributed by atoms with Crippen molar-refractivity contribution in [2.24, 2.45) is 5.73 Å². The molecule has 2 aromatic rings. The molecule has 0 spiro atoms. The molecule has 1 amide bonds. The molecule has 1 aromatic carbocycles. The number of nitrogens with zero attached hydrogens (tertiary/aromatic N) is 4. The number of nitrogens with two attached hydrogens (primary N) is 1. The van der Waals surface area contributed by atoms with Gasteiger partial charge in [0.1, 0.15) is 12.7 Å². The zero-order valence-corrected chi connectivity index (χ0v) is 14.6. The Morgan fingerprint density at radius 1 is 1.36 bits per heavy atom.